The van der Waals surface area contributed by atoms with Gasteiger partial charge in [-0.2, -0.15) is 0 Å². The fourth-order valence-electron chi connectivity index (χ4n) is 2.21. The molecule has 0 aliphatic heterocycles. The zero-order valence-electron chi connectivity index (χ0n) is 10.9. The van der Waals surface area contributed by atoms with Crippen LogP contribution in [0.3, 0.4) is 0 Å². The minimum atomic E-state index is -0.442. The highest BCUT2D eigenvalue weighted by atomic mass is 16.2. The highest BCUT2D eigenvalue weighted by Gasteiger charge is 2.18. The molecule has 0 fully saturated rings. The summed E-state index contributed by atoms with van der Waals surface area (Å²) in [6.07, 6.45) is 0.752. The molecule has 18 heavy (non-hydrogen) atoms. The van der Waals surface area contributed by atoms with Gasteiger partial charge in [-0.1, -0.05) is 6.92 Å². The summed E-state index contributed by atoms with van der Waals surface area (Å²) in [6.45, 7) is 2.42. The molecule has 2 aromatic heterocycles. The summed E-state index contributed by atoms with van der Waals surface area (Å²) in [5.41, 5.74) is -0.494. The molecule has 2 rings (SSSR count). The van der Waals surface area contributed by atoms with Gasteiger partial charge in [-0.05, 0) is 6.42 Å². The van der Waals surface area contributed by atoms with E-state index < -0.39 is 11.2 Å². The smallest absolute Gasteiger partial charge is 0.289 e. The van der Waals surface area contributed by atoms with Crippen LogP contribution >= 0.6 is 0 Å². The second-order valence-electron chi connectivity index (χ2n) is 4.37. The van der Waals surface area contributed by atoms with Gasteiger partial charge >= 0.3 is 11.4 Å². The van der Waals surface area contributed by atoms with Crippen molar-refractivity contribution in [2.24, 2.45) is 21.1 Å². The molecule has 0 saturated carbocycles. The lowest BCUT2D eigenvalue weighted by molar-refractivity contribution is 0.629. The summed E-state index contributed by atoms with van der Waals surface area (Å²) in [7, 11) is 4.52. The Hall–Kier alpha value is -2.05. The first kappa shape index (κ1) is 12.4. The van der Waals surface area contributed by atoms with Crippen LogP contribution in [-0.4, -0.2) is 18.3 Å². The molecule has 0 aromatic carbocycles. The van der Waals surface area contributed by atoms with Crippen molar-refractivity contribution in [2.75, 3.05) is 0 Å². The van der Waals surface area contributed by atoms with Crippen LogP contribution in [0.2, 0.25) is 0 Å². The number of hydrogen-bond donors (Lipinski definition) is 0. The average Bonchev–Trinajstić information content (AvgIpc) is 2.59. The zero-order valence-corrected chi connectivity index (χ0v) is 10.9. The van der Waals surface area contributed by atoms with Gasteiger partial charge in [-0.3, -0.25) is 23.1 Å². The van der Waals surface area contributed by atoms with Crippen molar-refractivity contribution in [1.29, 1.82) is 0 Å². The maximum Gasteiger partial charge on any atom is 0.332 e. The number of fused-ring (bicyclic) bond motifs is 1. The van der Waals surface area contributed by atoms with Crippen molar-refractivity contribution < 1.29 is 0 Å². The van der Waals surface area contributed by atoms with E-state index in [1.165, 1.54) is 20.7 Å². The largest absolute Gasteiger partial charge is 0.332 e. The lowest BCUT2D eigenvalue weighted by Crippen LogP contribution is -2.37. The summed E-state index contributed by atoms with van der Waals surface area (Å²) in [5, 5.41) is 0. The molecule has 0 radical (unpaired) electrons. The first-order valence-corrected chi connectivity index (χ1v) is 5.77. The lowest BCUT2D eigenvalue weighted by atomic mass is 10.4. The van der Waals surface area contributed by atoms with Gasteiger partial charge in [0.2, 0.25) is 0 Å². The summed E-state index contributed by atoms with van der Waals surface area (Å²) in [4.78, 5) is 36.0. The molecule has 0 bridgehead atoms. The third kappa shape index (κ3) is 1.40. The highest BCUT2D eigenvalue weighted by molar-refractivity contribution is 5.70. The Balaban J connectivity index is 3.17. The van der Waals surface area contributed by atoms with Crippen LogP contribution in [0.15, 0.2) is 14.4 Å². The third-order valence-corrected chi connectivity index (χ3v) is 3.17. The molecule has 98 valence electrons. The average molecular weight is 252 g/mol. The van der Waals surface area contributed by atoms with Crippen LogP contribution < -0.4 is 16.9 Å². The third-order valence-electron chi connectivity index (χ3n) is 3.17. The van der Waals surface area contributed by atoms with Crippen molar-refractivity contribution in [3.63, 3.8) is 0 Å². The maximum atomic E-state index is 12.1. The van der Waals surface area contributed by atoms with Crippen molar-refractivity contribution in [1.82, 2.24) is 18.3 Å². The van der Waals surface area contributed by atoms with E-state index in [0.29, 0.717) is 12.2 Å². The molecule has 0 unspecified atom stereocenters. The summed E-state index contributed by atoms with van der Waals surface area (Å²) >= 11 is 0. The Labute approximate surface area is 102 Å². The Kier molecular flexibility index (Phi) is 2.76. The predicted octanol–water partition coefficient (Wildman–Crippen LogP) is -0.853. The molecule has 2 aromatic rings. The SMILES string of the molecule is CCCn1c(=O)n(C)c2c(=O)n(C)c(=O)n(C)c21. The monoisotopic (exact) mass is 252 g/mol. The van der Waals surface area contributed by atoms with Crippen LogP contribution in [0, 0.1) is 0 Å². The number of aryl methyl sites for hydroxylation is 3. The summed E-state index contributed by atoms with van der Waals surface area (Å²) in [5.74, 6) is 0. The molecule has 7 heteroatoms. The van der Waals surface area contributed by atoms with Crippen LogP contribution in [0.5, 0.6) is 0 Å². The van der Waals surface area contributed by atoms with E-state index in [9.17, 15) is 14.4 Å². The van der Waals surface area contributed by atoms with Gasteiger partial charge in [0.25, 0.3) is 5.56 Å². The number of hydrogen-bond acceptors (Lipinski definition) is 3. The number of rotatable bonds is 2. The molecule has 2 heterocycles. The topological polar surface area (TPSA) is 70.9 Å². The fourth-order valence-corrected chi connectivity index (χ4v) is 2.21. The zero-order chi connectivity index (χ0) is 13.6. The van der Waals surface area contributed by atoms with Crippen LogP contribution in [0.1, 0.15) is 13.3 Å². The molecular formula is C11H16N4O3. The number of nitrogens with zero attached hydrogens (tertiary/aromatic N) is 4. The van der Waals surface area contributed by atoms with Gasteiger partial charge in [0.15, 0.2) is 11.2 Å². The normalized spacial score (nSPS) is 11.3. The predicted molar refractivity (Wildman–Crippen MR) is 68.0 cm³/mol. The molecule has 7 nitrogen and oxygen atoms in total. The van der Waals surface area contributed by atoms with Gasteiger partial charge in [-0.25, -0.2) is 9.59 Å². The van der Waals surface area contributed by atoms with E-state index >= 15 is 0 Å². The molecule has 0 N–H and O–H groups in total. The second kappa shape index (κ2) is 4.01. The second-order valence-corrected chi connectivity index (χ2v) is 4.37. The van der Waals surface area contributed by atoms with Crippen molar-refractivity contribution >= 4 is 11.2 Å². The van der Waals surface area contributed by atoms with Crippen LogP contribution in [0.4, 0.5) is 0 Å². The van der Waals surface area contributed by atoms with E-state index in [1.54, 1.807) is 14.1 Å². The molecule has 0 aliphatic carbocycles. The first-order chi connectivity index (χ1) is 8.41. The fraction of sp³-hybridized carbons (Fsp3) is 0.545. The minimum absolute atomic E-state index is 0.262. The van der Waals surface area contributed by atoms with Crippen molar-refractivity contribution in [3.05, 3.63) is 31.3 Å². The molecular weight excluding hydrogens is 236 g/mol. The first-order valence-electron chi connectivity index (χ1n) is 5.77. The van der Waals surface area contributed by atoms with Gasteiger partial charge < -0.3 is 0 Å². The molecule has 0 saturated heterocycles. The Bertz CT molecular complexity index is 788. The molecule has 0 amide bonds. The van der Waals surface area contributed by atoms with E-state index in [4.69, 9.17) is 0 Å². The van der Waals surface area contributed by atoms with Gasteiger partial charge in [-0.15, -0.1) is 0 Å². The van der Waals surface area contributed by atoms with Crippen LogP contribution in [-0.2, 0) is 27.7 Å². The quantitative estimate of drug-likeness (QED) is 0.699. The minimum Gasteiger partial charge on any atom is -0.289 e. The molecule has 0 atom stereocenters. The molecule has 0 spiro atoms. The van der Waals surface area contributed by atoms with Crippen LogP contribution in [0.25, 0.3) is 11.2 Å². The summed E-state index contributed by atoms with van der Waals surface area (Å²) < 4.78 is 5.12. The van der Waals surface area contributed by atoms with Crippen molar-refractivity contribution in [2.45, 2.75) is 19.9 Å². The van der Waals surface area contributed by atoms with E-state index in [1.807, 2.05) is 6.92 Å². The Morgan fingerprint density at radius 2 is 1.50 bits per heavy atom. The Morgan fingerprint density at radius 3 is 2.06 bits per heavy atom. The van der Waals surface area contributed by atoms with Crippen molar-refractivity contribution in [3.8, 4) is 0 Å². The molecule has 0 aliphatic rings. The number of aromatic nitrogens is 4. The van der Waals surface area contributed by atoms with Gasteiger partial charge in [0, 0.05) is 27.7 Å². The van der Waals surface area contributed by atoms with E-state index in [2.05, 4.69) is 0 Å². The standard InChI is InChI=1S/C11H16N4O3/c1-5-6-15-8-7(12(2)11(15)18)9(16)14(4)10(17)13(8)3/h5-6H2,1-4H3. The maximum absolute atomic E-state index is 12.1. The van der Waals surface area contributed by atoms with E-state index in [0.717, 1.165) is 11.0 Å². The number of imidazole rings is 1. The van der Waals surface area contributed by atoms with E-state index in [-0.39, 0.29) is 11.2 Å². The Morgan fingerprint density at radius 1 is 0.889 bits per heavy atom. The van der Waals surface area contributed by atoms with Gasteiger partial charge in [0.1, 0.15) is 0 Å². The van der Waals surface area contributed by atoms with Gasteiger partial charge in [0.05, 0.1) is 0 Å². The highest BCUT2D eigenvalue weighted by Crippen LogP contribution is 2.05. The lowest BCUT2D eigenvalue weighted by Gasteiger charge is -2.06. The summed E-state index contributed by atoms with van der Waals surface area (Å²) in [6, 6.07) is 0.